The molecule has 1 saturated heterocycles. The molecule has 2 aromatic carbocycles. The van der Waals surface area contributed by atoms with Crippen molar-refractivity contribution in [1.29, 1.82) is 0 Å². The fraction of sp³-hybridized carbons (Fsp3) is 0.125. The summed E-state index contributed by atoms with van der Waals surface area (Å²) in [4.78, 5) is 40.4. The SMILES string of the molecule is COc1cc(/C=C2/NC(=O)N(Cc3ccc(C)cc3)C2=O)ccc1Oc1ccc([N+](=O)[O-])cn1. The summed E-state index contributed by atoms with van der Waals surface area (Å²) in [6, 6.07) is 14.7. The van der Waals surface area contributed by atoms with Gasteiger partial charge in [0.25, 0.3) is 11.6 Å². The predicted octanol–water partition coefficient (Wildman–Crippen LogP) is 4.19. The van der Waals surface area contributed by atoms with Gasteiger partial charge in [-0.3, -0.25) is 19.8 Å². The predicted molar refractivity (Wildman–Crippen MR) is 122 cm³/mol. The maximum absolute atomic E-state index is 12.8. The van der Waals surface area contributed by atoms with Crippen molar-refractivity contribution in [3.05, 3.63) is 93.3 Å². The van der Waals surface area contributed by atoms with E-state index in [0.29, 0.717) is 17.1 Å². The molecule has 1 N–H and O–H groups in total. The molecule has 1 aliphatic heterocycles. The highest BCUT2D eigenvalue weighted by atomic mass is 16.6. The lowest BCUT2D eigenvalue weighted by Gasteiger charge is -2.12. The van der Waals surface area contributed by atoms with E-state index in [1.807, 2.05) is 31.2 Å². The van der Waals surface area contributed by atoms with Crippen LogP contribution < -0.4 is 14.8 Å². The Bertz CT molecular complexity index is 1290. The molecule has 10 nitrogen and oxygen atoms in total. The van der Waals surface area contributed by atoms with Gasteiger partial charge in [-0.05, 0) is 36.3 Å². The van der Waals surface area contributed by atoms with Crippen molar-refractivity contribution in [1.82, 2.24) is 15.2 Å². The van der Waals surface area contributed by atoms with E-state index in [9.17, 15) is 19.7 Å². The van der Waals surface area contributed by atoms with Crippen molar-refractivity contribution in [2.45, 2.75) is 13.5 Å². The number of urea groups is 1. The summed E-state index contributed by atoms with van der Waals surface area (Å²) in [5.41, 5.74) is 2.53. The minimum Gasteiger partial charge on any atom is -0.493 e. The number of rotatable bonds is 7. The van der Waals surface area contributed by atoms with Gasteiger partial charge in [0, 0.05) is 12.1 Å². The number of pyridine rings is 1. The molecular formula is C24H20N4O6. The van der Waals surface area contributed by atoms with Crippen LogP contribution in [0.2, 0.25) is 0 Å². The summed E-state index contributed by atoms with van der Waals surface area (Å²) in [6.45, 7) is 2.13. The van der Waals surface area contributed by atoms with Crippen molar-refractivity contribution in [3.63, 3.8) is 0 Å². The molecule has 0 unspecified atom stereocenters. The first kappa shape index (κ1) is 22.5. The molecule has 0 saturated carbocycles. The Labute approximate surface area is 194 Å². The van der Waals surface area contributed by atoms with Gasteiger partial charge in [0.05, 0.1) is 18.6 Å². The second-order valence-corrected chi connectivity index (χ2v) is 7.49. The number of benzene rings is 2. The molecule has 0 spiro atoms. The molecule has 1 aliphatic rings. The molecule has 4 rings (SSSR count). The highest BCUT2D eigenvalue weighted by molar-refractivity contribution is 6.13. The zero-order chi connectivity index (χ0) is 24.2. The number of nitrogens with one attached hydrogen (secondary N) is 1. The molecular weight excluding hydrogens is 440 g/mol. The number of methoxy groups -OCH3 is 1. The lowest BCUT2D eigenvalue weighted by atomic mass is 10.1. The summed E-state index contributed by atoms with van der Waals surface area (Å²) in [5, 5.41) is 13.4. The van der Waals surface area contributed by atoms with Crippen LogP contribution in [-0.2, 0) is 11.3 Å². The van der Waals surface area contributed by atoms with Crippen LogP contribution in [0.15, 0.2) is 66.5 Å². The lowest BCUT2D eigenvalue weighted by Crippen LogP contribution is -2.30. The van der Waals surface area contributed by atoms with Gasteiger partial charge in [-0.25, -0.2) is 9.78 Å². The number of amides is 3. The highest BCUT2D eigenvalue weighted by Crippen LogP contribution is 2.33. The number of nitro groups is 1. The Morgan fingerprint density at radius 1 is 1.09 bits per heavy atom. The quantitative estimate of drug-likeness (QED) is 0.243. The Morgan fingerprint density at radius 3 is 2.50 bits per heavy atom. The van der Waals surface area contributed by atoms with Crippen LogP contribution in [-0.4, -0.2) is 33.9 Å². The second-order valence-electron chi connectivity index (χ2n) is 7.49. The van der Waals surface area contributed by atoms with E-state index in [2.05, 4.69) is 10.3 Å². The summed E-state index contributed by atoms with van der Waals surface area (Å²) in [5.74, 6) is 0.400. The van der Waals surface area contributed by atoms with E-state index in [1.165, 1.54) is 19.2 Å². The van der Waals surface area contributed by atoms with E-state index in [-0.39, 0.29) is 23.8 Å². The molecule has 34 heavy (non-hydrogen) atoms. The van der Waals surface area contributed by atoms with Crippen LogP contribution in [0.1, 0.15) is 16.7 Å². The molecule has 3 aromatic rings. The van der Waals surface area contributed by atoms with Crippen molar-refractivity contribution in [2.75, 3.05) is 7.11 Å². The second kappa shape index (κ2) is 9.41. The van der Waals surface area contributed by atoms with E-state index < -0.39 is 16.9 Å². The minimum absolute atomic E-state index is 0.143. The summed E-state index contributed by atoms with van der Waals surface area (Å²) in [6.07, 6.45) is 2.64. The third-order valence-electron chi connectivity index (χ3n) is 5.07. The third kappa shape index (κ3) is 4.85. The maximum atomic E-state index is 12.8. The lowest BCUT2D eigenvalue weighted by molar-refractivity contribution is -0.385. The zero-order valence-corrected chi connectivity index (χ0v) is 18.3. The van der Waals surface area contributed by atoms with Gasteiger partial charge < -0.3 is 14.8 Å². The number of hydrogen-bond donors (Lipinski definition) is 1. The third-order valence-corrected chi connectivity index (χ3v) is 5.07. The average molecular weight is 460 g/mol. The van der Waals surface area contributed by atoms with Crippen LogP contribution in [0.25, 0.3) is 6.08 Å². The van der Waals surface area contributed by atoms with E-state index in [1.54, 1.807) is 24.3 Å². The van der Waals surface area contributed by atoms with Crippen molar-refractivity contribution < 1.29 is 24.0 Å². The standard InChI is InChI=1S/C24H20N4O6/c1-15-3-5-16(6-4-15)14-27-23(29)19(26-24(27)30)11-17-7-9-20(21(12-17)33-2)34-22-10-8-18(13-25-22)28(31)32/h3-13H,14H2,1-2H3,(H,26,30)/b19-11+. The first-order chi connectivity index (χ1) is 16.3. The number of carbonyl (C=O) groups is 2. The van der Waals surface area contributed by atoms with Gasteiger partial charge in [-0.1, -0.05) is 35.9 Å². The van der Waals surface area contributed by atoms with Gasteiger partial charge >= 0.3 is 6.03 Å². The first-order valence-corrected chi connectivity index (χ1v) is 10.2. The number of aryl methyl sites for hydroxylation is 1. The van der Waals surface area contributed by atoms with E-state index >= 15 is 0 Å². The van der Waals surface area contributed by atoms with Crippen LogP contribution in [0, 0.1) is 17.0 Å². The Hall–Kier alpha value is -4.73. The minimum atomic E-state index is -0.551. The molecule has 1 aromatic heterocycles. The summed E-state index contributed by atoms with van der Waals surface area (Å²) < 4.78 is 11.0. The van der Waals surface area contributed by atoms with Crippen molar-refractivity contribution >= 4 is 23.7 Å². The number of carbonyl (C=O) groups excluding carboxylic acids is 2. The monoisotopic (exact) mass is 460 g/mol. The highest BCUT2D eigenvalue weighted by Gasteiger charge is 2.33. The number of imide groups is 1. The maximum Gasteiger partial charge on any atom is 0.329 e. The molecule has 3 amide bonds. The summed E-state index contributed by atoms with van der Waals surface area (Å²) in [7, 11) is 1.45. The molecule has 1 fully saturated rings. The van der Waals surface area contributed by atoms with Gasteiger partial charge in [-0.15, -0.1) is 0 Å². The molecule has 0 aliphatic carbocycles. The van der Waals surface area contributed by atoms with E-state index in [4.69, 9.17) is 9.47 Å². The summed E-state index contributed by atoms with van der Waals surface area (Å²) >= 11 is 0. The number of nitrogens with zero attached hydrogens (tertiary/aromatic N) is 3. The molecule has 0 radical (unpaired) electrons. The first-order valence-electron chi connectivity index (χ1n) is 10.2. The molecule has 2 heterocycles. The normalized spacial score (nSPS) is 14.3. The van der Waals surface area contributed by atoms with Crippen molar-refractivity contribution in [2.24, 2.45) is 0 Å². The number of hydrogen-bond acceptors (Lipinski definition) is 7. The molecule has 0 bridgehead atoms. The van der Waals surface area contributed by atoms with Crippen LogP contribution in [0.4, 0.5) is 10.5 Å². The molecule has 0 atom stereocenters. The van der Waals surface area contributed by atoms with Crippen LogP contribution >= 0.6 is 0 Å². The fourth-order valence-corrected chi connectivity index (χ4v) is 3.27. The molecule has 172 valence electrons. The average Bonchev–Trinajstić information content (AvgIpc) is 3.09. The van der Waals surface area contributed by atoms with Crippen LogP contribution in [0.3, 0.4) is 0 Å². The van der Waals surface area contributed by atoms with Gasteiger partial charge in [0.2, 0.25) is 5.88 Å². The van der Waals surface area contributed by atoms with Gasteiger partial charge in [0.1, 0.15) is 11.9 Å². The van der Waals surface area contributed by atoms with Gasteiger partial charge in [0.15, 0.2) is 11.5 Å². The Morgan fingerprint density at radius 2 is 1.85 bits per heavy atom. The van der Waals surface area contributed by atoms with Crippen molar-refractivity contribution in [3.8, 4) is 17.4 Å². The number of ether oxygens (including phenoxy) is 2. The van der Waals surface area contributed by atoms with Gasteiger partial charge in [-0.2, -0.15) is 0 Å². The Kier molecular flexibility index (Phi) is 6.22. The topological polar surface area (TPSA) is 124 Å². The largest absolute Gasteiger partial charge is 0.493 e. The molecule has 10 heteroatoms. The Balaban J connectivity index is 1.51. The smallest absolute Gasteiger partial charge is 0.329 e. The zero-order valence-electron chi connectivity index (χ0n) is 18.3. The van der Waals surface area contributed by atoms with Crippen LogP contribution in [0.5, 0.6) is 17.4 Å². The fourth-order valence-electron chi connectivity index (χ4n) is 3.27. The number of aromatic nitrogens is 1. The van der Waals surface area contributed by atoms with E-state index in [0.717, 1.165) is 22.2 Å².